The highest BCUT2D eigenvalue weighted by Crippen LogP contribution is 2.21. The Kier molecular flexibility index (Phi) is 4.23. The van der Waals surface area contributed by atoms with Gasteiger partial charge in [-0.1, -0.05) is 17.7 Å². The minimum atomic E-state index is -1.40. The van der Waals surface area contributed by atoms with Gasteiger partial charge in [-0.25, -0.2) is 9.18 Å². The number of aromatic carboxylic acids is 1. The normalized spacial score (nSPS) is 10.2. The number of amides is 1. The lowest BCUT2D eigenvalue weighted by Gasteiger charge is -2.09. The molecule has 2 aromatic carbocycles. The Morgan fingerprint density at radius 3 is 2.57 bits per heavy atom. The van der Waals surface area contributed by atoms with Gasteiger partial charge >= 0.3 is 5.97 Å². The number of carbonyl (C=O) groups is 2. The average Bonchev–Trinajstić information content (AvgIpc) is 2.43. The SMILES string of the molecule is Cc1c(Cl)cccc1C(=O)Nc1ccc(F)c(C(=O)O)c1. The van der Waals surface area contributed by atoms with Gasteiger partial charge in [-0.3, -0.25) is 4.79 Å². The van der Waals surface area contributed by atoms with Gasteiger partial charge in [0.05, 0.1) is 5.56 Å². The molecule has 2 N–H and O–H groups in total. The zero-order valence-electron chi connectivity index (χ0n) is 11.0. The molecule has 0 aliphatic heterocycles. The first-order valence-corrected chi connectivity index (χ1v) is 6.37. The molecule has 0 aromatic heterocycles. The van der Waals surface area contributed by atoms with Crippen LogP contribution >= 0.6 is 11.6 Å². The van der Waals surface area contributed by atoms with E-state index in [9.17, 15) is 14.0 Å². The van der Waals surface area contributed by atoms with Gasteiger partial charge in [0.2, 0.25) is 0 Å². The number of rotatable bonds is 3. The van der Waals surface area contributed by atoms with E-state index in [2.05, 4.69) is 5.32 Å². The lowest BCUT2D eigenvalue weighted by atomic mass is 10.1. The Balaban J connectivity index is 2.30. The number of benzene rings is 2. The molecule has 0 bridgehead atoms. The van der Waals surface area contributed by atoms with E-state index in [1.807, 2.05) is 0 Å². The van der Waals surface area contributed by atoms with Crippen molar-refractivity contribution in [3.63, 3.8) is 0 Å². The smallest absolute Gasteiger partial charge is 0.338 e. The Hall–Kier alpha value is -2.40. The first-order valence-electron chi connectivity index (χ1n) is 5.99. The van der Waals surface area contributed by atoms with E-state index < -0.39 is 23.3 Å². The monoisotopic (exact) mass is 307 g/mol. The zero-order valence-corrected chi connectivity index (χ0v) is 11.7. The molecule has 0 aliphatic rings. The zero-order chi connectivity index (χ0) is 15.6. The summed E-state index contributed by atoms with van der Waals surface area (Å²) in [6.07, 6.45) is 0. The maximum absolute atomic E-state index is 13.3. The Morgan fingerprint density at radius 2 is 1.90 bits per heavy atom. The summed E-state index contributed by atoms with van der Waals surface area (Å²) in [5.41, 5.74) is 0.662. The summed E-state index contributed by atoms with van der Waals surface area (Å²) >= 11 is 5.94. The van der Waals surface area contributed by atoms with Crippen molar-refractivity contribution in [3.8, 4) is 0 Å². The van der Waals surface area contributed by atoms with E-state index in [4.69, 9.17) is 16.7 Å². The molecule has 0 atom stereocenters. The second-order valence-electron chi connectivity index (χ2n) is 4.37. The Bertz CT molecular complexity index is 731. The molecular formula is C15H11ClFNO3. The summed E-state index contributed by atoms with van der Waals surface area (Å²) in [4.78, 5) is 23.0. The van der Waals surface area contributed by atoms with Crippen LogP contribution in [-0.4, -0.2) is 17.0 Å². The van der Waals surface area contributed by atoms with Crippen molar-refractivity contribution in [2.45, 2.75) is 6.92 Å². The number of carboxylic acids is 1. The molecule has 0 aliphatic carbocycles. The van der Waals surface area contributed by atoms with Gasteiger partial charge in [0.1, 0.15) is 5.82 Å². The molecule has 21 heavy (non-hydrogen) atoms. The van der Waals surface area contributed by atoms with Crippen LogP contribution in [-0.2, 0) is 0 Å². The molecule has 2 aromatic rings. The standard InChI is InChI=1S/C15H11ClFNO3/c1-8-10(3-2-4-12(8)16)14(19)18-9-5-6-13(17)11(7-9)15(20)21/h2-7H,1H3,(H,18,19)(H,20,21). The maximum Gasteiger partial charge on any atom is 0.338 e. The number of carboxylic acid groups (broad SMARTS) is 1. The largest absolute Gasteiger partial charge is 0.478 e. The molecule has 0 spiro atoms. The summed E-state index contributed by atoms with van der Waals surface area (Å²) in [5, 5.41) is 11.8. The van der Waals surface area contributed by atoms with Crippen molar-refractivity contribution in [1.29, 1.82) is 0 Å². The van der Waals surface area contributed by atoms with Crippen molar-refractivity contribution >= 4 is 29.2 Å². The molecule has 0 radical (unpaired) electrons. The van der Waals surface area contributed by atoms with Crippen LogP contribution in [0.5, 0.6) is 0 Å². The van der Waals surface area contributed by atoms with Crippen LogP contribution < -0.4 is 5.32 Å². The topological polar surface area (TPSA) is 66.4 Å². The second-order valence-corrected chi connectivity index (χ2v) is 4.77. The highest BCUT2D eigenvalue weighted by Gasteiger charge is 2.14. The first kappa shape index (κ1) is 15.0. The van der Waals surface area contributed by atoms with Crippen LogP contribution in [0.4, 0.5) is 10.1 Å². The number of nitrogens with one attached hydrogen (secondary N) is 1. The summed E-state index contributed by atoms with van der Waals surface area (Å²) in [5.74, 6) is -2.71. The van der Waals surface area contributed by atoms with Crippen LogP contribution in [0.2, 0.25) is 5.02 Å². The minimum absolute atomic E-state index is 0.193. The van der Waals surface area contributed by atoms with Gasteiger partial charge in [-0.15, -0.1) is 0 Å². The maximum atomic E-state index is 13.3. The average molecular weight is 308 g/mol. The fourth-order valence-corrected chi connectivity index (χ4v) is 1.99. The van der Waals surface area contributed by atoms with Gasteiger partial charge in [0.25, 0.3) is 5.91 Å². The van der Waals surface area contributed by atoms with E-state index in [-0.39, 0.29) is 5.69 Å². The Morgan fingerprint density at radius 1 is 1.19 bits per heavy atom. The van der Waals surface area contributed by atoms with Crippen LogP contribution in [0.1, 0.15) is 26.3 Å². The van der Waals surface area contributed by atoms with E-state index in [0.29, 0.717) is 16.1 Å². The molecule has 0 saturated heterocycles. The lowest BCUT2D eigenvalue weighted by Crippen LogP contribution is -2.14. The highest BCUT2D eigenvalue weighted by atomic mass is 35.5. The van der Waals surface area contributed by atoms with Crippen LogP contribution in [0.15, 0.2) is 36.4 Å². The molecule has 0 fully saturated rings. The fourth-order valence-electron chi connectivity index (χ4n) is 1.82. The third-order valence-corrected chi connectivity index (χ3v) is 3.38. The minimum Gasteiger partial charge on any atom is -0.478 e. The molecule has 6 heteroatoms. The molecule has 0 saturated carbocycles. The lowest BCUT2D eigenvalue weighted by molar-refractivity contribution is 0.0691. The van der Waals surface area contributed by atoms with Crippen molar-refractivity contribution in [3.05, 3.63) is 63.9 Å². The van der Waals surface area contributed by atoms with Crippen molar-refractivity contribution < 1.29 is 19.1 Å². The fraction of sp³-hybridized carbons (Fsp3) is 0.0667. The van der Waals surface area contributed by atoms with Crippen molar-refractivity contribution in [2.24, 2.45) is 0 Å². The van der Waals surface area contributed by atoms with Crippen molar-refractivity contribution in [1.82, 2.24) is 0 Å². The van der Waals surface area contributed by atoms with E-state index in [1.54, 1.807) is 25.1 Å². The van der Waals surface area contributed by atoms with Crippen LogP contribution in [0.25, 0.3) is 0 Å². The number of anilines is 1. The first-order chi connectivity index (χ1) is 9.90. The number of halogens is 2. The third kappa shape index (κ3) is 3.20. The summed E-state index contributed by atoms with van der Waals surface area (Å²) < 4.78 is 13.3. The van der Waals surface area contributed by atoms with Gasteiger partial charge in [0, 0.05) is 16.3 Å². The van der Waals surface area contributed by atoms with E-state index in [0.717, 1.165) is 12.1 Å². The third-order valence-electron chi connectivity index (χ3n) is 2.97. The summed E-state index contributed by atoms with van der Waals surface area (Å²) in [6, 6.07) is 8.24. The Labute approximate surface area is 125 Å². The molecule has 0 heterocycles. The van der Waals surface area contributed by atoms with Gasteiger partial charge in [0.15, 0.2) is 0 Å². The predicted octanol–water partition coefficient (Wildman–Crippen LogP) is 3.74. The second kappa shape index (κ2) is 5.93. The molecule has 4 nitrogen and oxygen atoms in total. The molecule has 0 unspecified atom stereocenters. The van der Waals surface area contributed by atoms with Crippen LogP contribution in [0.3, 0.4) is 0 Å². The molecular weight excluding hydrogens is 297 g/mol. The molecule has 108 valence electrons. The van der Waals surface area contributed by atoms with Crippen molar-refractivity contribution in [2.75, 3.05) is 5.32 Å². The van der Waals surface area contributed by atoms with Crippen LogP contribution in [0, 0.1) is 12.7 Å². The van der Waals surface area contributed by atoms with E-state index >= 15 is 0 Å². The van der Waals surface area contributed by atoms with Gasteiger partial charge in [-0.2, -0.15) is 0 Å². The number of hydrogen-bond donors (Lipinski definition) is 2. The molecule has 1 amide bonds. The van der Waals surface area contributed by atoms with E-state index in [1.165, 1.54) is 6.07 Å². The summed E-state index contributed by atoms with van der Waals surface area (Å²) in [7, 11) is 0. The predicted molar refractivity (Wildman–Crippen MR) is 77.5 cm³/mol. The van der Waals surface area contributed by atoms with Gasteiger partial charge < -0.3 is 10.4 Å². The number of hydrogen-bond acceptors (Lipinski definition) is 2. The quantitative estimate of drug-likeness (QED) is 0.907. The summed E-state index contributed by atoms with van der Waals surface area (Å²) in [6.45, 7) is 1.70. The number of carbonyl (C=O) groups excluding carboxylic acids is 1. The molecule has 2 rings (SSSR count). The highest BCUT2D eigenvalue weighted by molar-refractivity contribution is 6.32. The van der Waals surface area contributed by atoms with Gasteiger partial charge in [-0.05, 0) is 42.8 Å².